The molecule has 2 fully saturated rings. The zero-order valence-electron chi connectivity index (χ0n) is 15.4. The fourth-order valence-corrected chi connectivity index (χ4v) is 6.14. The molecule has 2 aromatic rings. The maximum Gasteiger partial charge on any atom is 0.241 e. The van der Waals surface area contributed by atoms with Crippen LogP contribution >= 0.6 is 0 Å². The minimum atomic E-state index is -3.15. The van der Waals surface area contributed by atoms with E-state index in [1.54, 1.807) is 4.90 Å². The first-order chi connectivity index (χ1) is 12.9. The number of anilines is 1. The molecular weight excluding hydrogens is 360 g/mol. The van der Waals surface area contributed by atoms with Crippen LogP contribution in [-0.2, 0) is 21.1 Å². The molecule has 0 spiro atoms. The first kappa shape index (κ1) is 18.2. The van der Waals surface area contributed by atoms with Gasteiger partial charge in [0.1, 0.15) is 0 Å². The fourth-order valence-electron chi connectivity index (χ4n) is 4.16. The SMILES string of the molecule is Cc1ccc(N2C(=O)CN(CCc3ccccc3)[C@H]3CS(=O)(=O)C[C@H]32)cc1. The van der Waals surface area contributed by atoms with Crippen molar-refractivity contribution >= 4 is 21.4 Å². The van der Waals surface area contributed by atoms with Gasteiger partial charge in [-0.25, -0.2) is 8.42 Å². The van der Waals surface area contributed by atoms with Crippen LogP contribution in [0.3, 0.4) is 0 Å². The number of piperazine rings is 1. The summed E-state index contributed by atoms with van der Waals surface area (Å²) in [5.41, 5.74) is 3.10. The third-order valence-corrected chi connectivity index (χ3v) is 7.24. The van der Waals surface area contributed by atoms with Gasteiger partial charge in [0.2, 0.25) is 5.91 Å². The number of hydrogen-bond donors (Lipinski definition) is 0. The maximum absolute atomic E-state index is 12.9. The third-order valence-electron chi connectivity index (χ3n) is 5.54. The van der Waals surface area contributed by atoms with Gasteiger partial charge in [-0.3, -0.25) is 9.69 Å². The summed E-state index contributed by atoms with van der Waals surface area (Å²) in [6.07, 6.45) is 0.807. The van der Waals surface area contributed by atoms with Crippen LogP contribution in [0.25, 0.3) is 0 Å². The highest BCUT2D eigenvalue weighted by atomic mass is 32.2. The molecule has 0 bridgehead atoms. The standard InChI is InChI=1S/C21H24N2O3S/c1-16-7-9-18(10-8-16)23-20-15-27(25,26)14-19(20)22(13-21(23)24)12-11-17-5-3-2-4-6-17/h2-10,19-20H,11-15H2,1H3/t19-,20+/m0/s1. The highest BCUT2D eigenvalue weighted by Gasteiger charge is 2.49. The van der Waals surface area contributed by atoms with E-state index >= 15 is 0 Å². The molecule has 2 saturated heterocycles. The molecule has 5 nitrogen and oxygen atoms in total. The predicted octanol–water partition coefficient (Wildman–Crippen LogP) is 2.05. The number of hydrogen-bond acceptors (Lipinski definition) is 4. The van der Waals surface area contributed by atoms with Crippen LogP contribution in [0.15, 0.2) is 54.6 Å². The number of aryl methyl sites for hydroxylation is 1. The number of rotatable bonds is 4. The number of sulfone groups is 1. The van der Waals surface area contributed by atoms with E-state index < -0.39 is 9.84 Å². The zero-order valence-corrected chi connectivity index (χ0v) is 16.2. The normalized spacial score (nSPS) is 24.8. The van der Waals surface area contributed by atoms with E-state index in [4.69, 9.17) is 0 Å². The molecule has 2 heterocycles. The molecule has 6 heteroatoms. The van der Waals surface area contributed by atoms with Gasteiger partial charge in [-0.05, 0) is 31.0 Å². The first-order valence-corrected chi connectivity index (χ1v) is 11.1. The van der Waals surface area contributed by atoms with Crippen molar-refractivity contribution < 1.29 is 13.2 Å². The van der Waals surface area contributed by atoms with Gasteiger partial charge in [-0.1, -0.05) is 48.0 Å². The Morgan fingerprint density at radius 1 is 0.963 bits per heavy atom. The highest BCUT2D eigenvalue weighted by Crippen LogP contribution is 2.31. The molecular formula is C21H24N2O3S. The maximum atomic E-state index is 12.9. The first-order valence-electron chi connectivity index (χ1n) is 9.30. The third kappa shape index (κ3) is 3.77. The second-order valence-corrected chi connectivity index (χ2v) is 9.67. The Morgan fingerprint density at radius 3 is 2.33 bits per heavy atom. The van der Waals surface area contributed by atoms with Crippen molar-refractivity contribution in [3.8, 4) is 0 Å². The quantitative estimate of drug-likeness (QED) is 0.810. The summed E-state index contributed by atoms with van der Waals surface area (Å²) in [6, 6.07) is 17.4. The summed E-state index contributed by atoms with van der Waals surface area (Å²) in [5, 5.41) is 0. The van der Waals surface area contributed by atoms with Crippen LogP contribution in [0.5, 0.6) is 0 Å². The van der Waals surface area contributed by atoms with Gasteiger partial charge in [0.05, 0.1) is 24.1 Å². The van der Waals surface area contributed by atoms with E-state index in [1.165, 1.54) is 5.56 Å². The van der Waals surface area contributed by atoms with Gasteiger partial charge in [0.15, 0.2) is 9.84 Å². The van der Waals surface area contributed by atoms with Crippen LogP contribution in [0, 0.1) is 6.92 Å². The summed E-state index contributed by atoms with van der Waals surface area (Å²) in [4.78, 5) is 16.7. The Balaban J connectivity index is 1.59. The molecule has 2 aliphatic heterocycles. The van der Waals surface area contributed by atoms with Crippen molar-refractivity contribution in [2.75, 3.05) is 29.5 Å². The number of carbonyl (C=O) groups excluding carboxylic acids is 1. The number of nitrogens with zero attached hydrogens (tertiary/aromatic N) is 2. The van der Waals surface area contributed by atoms with Gasteiger partial charge in [0, 0.05) is 18.3 Å². The summed E-state index contributed by atoms with van der Waals surface area (Å²) in [6.45, 7) is 2.95. The van der Waals surface area contributed by atoms with E-state index in [1.807, 2.05) is 49.4 Å². The van der Waals surface area contributed by atoms with Crippen molar-refractivity contribution in [3.05, 3.63) is 65.7 Å². The van der Waals surface area contributed by atoms with Gasteiger partial charge in [-0.2, -0.15) is 0 Å². The van der Waals surface area contributed by atoms with Crippen molar-refractivity contribution in [2.24, 2.45) is 0 Å². The topological polar surface area (TPSA) is 57.7 Å². The molecule has 0 aromatic heterocycles. The van der Waals surface area contributed by atoms with E-state index in [-0.39, 0.29) is 36.0 Å². The second kappa shape index (κ2) is 7.09. The van der Waals surface area contributed by atoms with Crippen LogP contribution < -0.4 is 4.90 Å². The summed E-state index contributed by atoms with van der Waals surface area (Å²) in [5.74, 6) is 0.145. The van der Waals surface area contributed by atoms with Gasteiger partial charge in [0.25, 0.3) is 0 Å². The van der Waals surface area contributed by atoms with Gasteiger partial charge < -0.3 is 4.90 Å². The second-order valence-electron chi connectivity index (χ2n) is 7.52. The molecule has 0 saturated carbocycles. The lowest BCUT2D eigenvalue weighted by atomic mass is 10.0. The van der Waals surface area contributed by atoms with Gasteiger partial charge >= 0.3 is 0 Å². The van der Waals surface area contributed by atoms with E-state index in [2.05, 4.69) is 17.0 Å². The number of benzene rings is 2. The highest BCUT2D eigenvalue weighted by molar-refractivity contribution is 7.91. The van der Waals surface area contributed by atoms with E-state index in [0.717, 1.165) is 17.7 Å². The molecule has 2 aliphatic rings. The lowest BCUT2D eigenvalue weighted by Gasteiger charge is -2.43. The fraction of sp³-hybridized carbons (Fsp3) is 0.381. The molecule has 142 valence electrons. The Bertz CT molecular complexity index is 926. The molecule has 0 unspecified atom stereocenters. The Morgan fingerprint density at radius 2 is 1.63 bits per heavy atom. The lowest BCUT2D eigenvalue weighted by molar-refractivity contribution is -0.123. The zero-order chi connectivity index (χ0) is 19.0. The van der Waals surface area contributed by atoms with Crippen molar-refractivity contribution in [2.45, 2.75) is 25.4 Å². The summed E-state index contributed by atoms with van der Waals surface area (Å²) in [7, 11) is -3.15. The van der Waals surface area contributed by atoms with Crippen molar-refractivity contribution in [1.82, 2.24) is 4.90 Å². The van der Waals surface area contributed by atoms with E-state index in [0.29, 0.717) is 6.54 Å². The minimum Gasteiger partial charge on any atom is -0.306 e. The van der Waals surface area contributed by atoms with E-state index in [9.17, 15) is 13.2 Å². The largest absolute Gasteiger partial charge is 0.306 e. The summed E-state index contributed by atoms with van der Waals surface area (Å²) < 4.78 is 24.8. The molecule has 27 heavy (non-hydrogen) atoms. The van der Waals surface area contributed by atoms with Crippen LogP contribution in [0.4, 0.5) is 5.69 Å². The average molecular weight is 385 g/mol. The molecule has 0 N–H and O–H groups in total. The smallest absolute Gasteiger partial charge is 0.241 e. The molecule has 1 amide bonds. The van der Waals surface area contributed by atoms with Crippen LogP contribution in [-0.4, -0.2) is 55.9 Å². The molecule has 0 radical (unpaired) electrons. The average Bonchev–Trinajstić information content (AvgIpc) is 2.97. The Hall–Kier alpha value is -2.18. The Labute approximate surface area is 160 Å². The number of carbonyl (C=O) groups is 1. The van der Waals surface area contributed by atoms with Crippen LogP contribution in [0.2, 0.25) is 0 Å². The molecule has 4 rings (SSSR count). The summed E-state index contributed by atoms with van der Waals surface area (Å²) >= 11 is 0. The monoisotopic (exact) mass is 384 g/mol. The van der Waals surface area contributed by atoms with Gasteiger partial charge in [-0.15, -0.1) is 0 Å². The number of amides is 1. The molecule has 2 atom stereocenters. The predicted molar refractivity (Wildman–Crippen MR) is 107 cm³/mol. The molecule has 0 aliphatic carbocycles. The van der Waals surface area contributed by atoms with Crippen LogP contribution in [0.1, 0.15) is 11.1 Å². The van der Waals surface area contributed by atoms with Crippen molar-refractivity contribution in [3.63, 3.8) is 0 Å². The lowest BCUT2D eigenvalue weighted by Crippen LogP contribution is -2.62. The molecule has 2 aromatic carbocycles. The minimum absolute atomic E-state index is 0.0229. The Kier molecular flexibility index (Phi) is 4.78. The number of fused-ring (bicyclic) bond motifs is 1. The van der Waals surface area contributed by atoms with Crippen molar-refractivity contribution in [1.29, 1.82) is 0 Å².